The second kappa shape index (κ2) is 7.49. The van der Waals surface area contributed by atoms with Crippen LogP contribution in [0.2, 0.25) is 0 Å². The summed E-state index contributed by atoms with van der Waals surface area (Å²) in [6, 6.07) is 9.87. The minimum Gasteiger partial charge on any atom is -0.411 e. The van der Waals surface area contributed by atoms with Crippen molar-refractivity contribution in [3.8, 4) is 17.5 Å². The van der Waals surface area contributed by atoms with Crippen molar-refractivity contribution in [2.45, 2.75) is 38.5 Å². The quantitative estimate of drug-likeness (QED) is 0.809. The van der Waals surface area contributed by atoms with Crippen molar-refractivity contribution in [2.24, 2.45) is 5.92 Å². The monoisotopic (exact) mass is 344 g/mol. The molecule has 0 aliphatic rings. The minimum atomic E-state index is -0.890. The third-order valence-electron chi connectivity index (χ3n) is 3.89. The van der Waals surface area contributed by atoms with E-state index in [0.29, 0.717) is 11.1 Å². The summed E-state index contributed by atoms with van der Waals surface area (Å²) in [7, 11) is 0. The number of rotatable bonds is 6. The van der Waals surface area contributed by atoms with Crippen LogP contribution in [-0.4, -0.2) is 27.4 Å². The van der Waals surface area contributed by atoms with Crippen molar-refractivity contribution in [3.05, 3.63) is 29.8 Å². The van der Waals surface area contributed by atoms with Gasteiger partial charge in [0.15, 0.2) is 0 Å². The zero-order valence-electron chi connectivity index (χ0n) is 14.2. The first-order valence-electron chi connectivity index (χ1n) is 7.60. The molecule has 24 heavy (non-hydrogen) atoms. The molecule has 0 spiro atoms. The molecule has 1 heterocycles. The van der Waals surface area contributed by atoms with Gasteiger partial charge in [0.2, 0.25) is 11.8 Å². The van der Waals surface area contributed by atoms with E-state index in [0.717, 1.165) is 22.9 Å². The smallest absolute Gasteiger partial charge is 0.277 e. The van der Waals surface area contributed by atoms with Gasteiger partial charge in [-0.05, 0) is 31.4 Å². The summed E-state index contributed by atoms with van der Waals surface area (Å²) in [4.78, 5) is 12.1. The summed E-state index contributed by atoms with van der Waals surface area (Å²) < 4.78 is 5.60. The van der Waals surface area contributed by atoms with Crippen LogP contribution >= 0.6 is 11.8 Å². The van der Waals surface area contributed by atoms with E-state index in [9.17, 15) is 10.1 Å². The first kappa shape index (κ1) is 18.0. The molecule has 6 nitrogen and oxygen atoms in total. The van der Waals surface area contributed by atoms with Crippen molar-refractivity contribution in [3.63, 3.8) is 0 Å². The number of aryl methyl sites for hydroxylation is 1. The van der Waals surface area contributed by atoms with E-state index < -0.39 is 5.54 Å². The first-order valence-corrected chi connectivity index (χ1v) is 8.59. The van der Waals surface area contributed by atoms with Gasteiger partial charge >= 0.3 is 0 Å². The number of nitrogens with zero attached hydrogens (tertiary/aromatic N) is 3. The number of nitriles is 1. The predicted octanol–water partition coefficient (Wildman–Crippen LogP) is 3.19. The van der Waals surface area contributed by atoms with Crippen molar-refractivity contribution >= 4 is 17.7 Å². The Morgan fingerprint density at radius 3 is 2.75 bits per heavy atom. The number of aromatic nitrogens is 2. The molecule has 1 aromatic carbocycles. The van der Waals surface area contributed by atoms with Crippen molar-refractivity contribution in [1.29, 1.82) is 5.26 Å². The number of carbonyl (C=O) groups excluding carboxylic acids is 1. The number of hydrogen-bond donors (Lipinski definition) is 1. The Bertz CT molecular complexity index is 766. The summed E-state index contributed by atoms with van der Waals surface area (Å²) in [5, 5.41) is 20.3. The van der Waals surface area contributed by atoms with Crippen LogP contribution in [0.15, 0.2) is 33.9 Å². The minimum absolute atomic E-state index is 0.00696. The number of thioether (sulfide) groups is 1. The van der Waals surface area contributed by atoms with Gasteiger partial charge in [0.05, 0.1) is 11.8 Å². The Morgan fingerprint density at radius 2 is 2.12 bits per heavy atom. The second-order valence-corrected chi connectivity index (χ2v) is 6.92. The Balaban J connectivity index is 1.98. The Hall–Kier alpha value is -2.33. The summed E-state index contributed by atoms with van der Waals surface area (Å²) >= 11 is 1.15. The fourth-order valence-corrected chi connectivity index (χ4v) is 2.51. The predicted molar refractivity (Wildman–Crippen MR) is 92.2 cm³/mol. The molecule has 0 radical (unpaired) electrons. The molecule has 7 heteroatoms. The maximum absolute atomic E-state index is 12.1. The molecule has 0 unspecified atom stereocenters. The van der Waals surface area contributed by atoms with Crippen LogP contribution in [0.4, 0.5) is 0 Å². The Kier molecular flexibility index (Phi) is 5.62. The van der Waals surface area contributed by atoms with Gasteiger partial charge in [0.25, 0.3) is 5.22 Å². The Morgan fingerprint density at radius 1 is 1.42 bits per heavy atom. The molecule has 126 valence electrons. The van der Waals surface area contributed by atoms with Gasteiger partial charge in [0.1, 0.15) is 5.54 Å². The Labute approximate surface area is 145 Å². The maximum Gasteiger partial charge on any atom is 0.277 e. The maximum atomic E-state index is 12.1. The normalized spacial score (nSPS) is 13.3. The average Bonchev–Trinajstić information content (AvgIpc) is 3.01. The van der Waals surface area contributed by atoms with Gasteiger partial charge in [0, 0.05) is 5.56 Å². The third kappa shape index (κ3) is 4.15. The zero-order chi connectivity index (χ0) is 17.7. The molecule has 0 aliphatic carbocycles. The van der Waals surface area contributed by atoms with Crippen LogP contribution in [0.5, 0.6) is 0 Å². The lowest BCUT2D eigenvalue weighted by Crippen LogP contribution is -2.49. The second-order valence-electron chi connectivity index (χ2n) is 5.99. The number of nitrogens with one attached hydrogen (secondary N) is 1. The van der Waals surface area contributed by atoms with Crippen LogP contribution < -0.4 is 5.32 Å². The fraction of sp³-hybridized carbons (Fsp3) is 0.412. The lowest BCUT2D eigenvalue weighted by atomic mass is 9.90. The molecule has 0 fully saturated rings. The lowest BCUT2D eigenvalue weighted by Gasteiger charge is -2.27. The van der Waals surface area contributed by atoms with Gasteiger partial charge in [-0.3, -0.25) is 4.79 Å². The first-order chi connectivity index (χ1) is 11.4. The van der Waals surface area contributed by atoms with E-state index >= 15 is 0 Å². The molecule has 2 rings (SSSR count). The largest absolute Gasteiger partial charge is 0.411 e. The van der Waals surface area contributed by atoms with Crippen LogP contribution in [0, 0.1) is 24.2 Å². The average molecular weight is 344 g/mol. The van der Waals surface area contributed by atoms with E-state index in [1.165, 1.54) is 0 Å². The molecule has 1 atom stereocenters. The van der Waals surface area contributed by atoms with Gasteiger partial charge in [-0.2, -0.15) is 5.26 Å². The highest BCUT2D eigenvalue weighted by Gasteiger charge is 2.30. The van der Waals surface area contributed by atoms with Gasteiger partial charge in [-0.15, -0.1) is 10.2 Å². The molecule has 0 saturated carbocycles. The summed E-state index contributed by atoms with van der Waals surface area (Å²) in [6.07, 6.45) is 0. The standard InChI is InChI=1S/C17H20N4O2S/c1-11(2)17(4,10-18)19-14(22)9-24-16-21-20-15(23-16)13-8-6-5-7-12(13)3/h5-8,11H,9H2,1-4H3,(H,19,22)/t17-/m1/s1. The molecule has 0 saturated heterocycles. The zero-order valence-corrected chi connectivity index (χ0v) is 15.0. The summed E-state index contributed by atoms with van der Waals surface area (Å²) in [6.45, 7) is 7.46. The van der Waals surface area contributed by atoms with E-state index in [2.05, 4.69) is 21.6 Å². The van der Waals surface area contributed by atoms with Crippen LogP contribution in [0.3, 0.4) is 0 Å². The molecule has 2 aromatic rings. The molecule has 0 aliphatic heterocycles. The molecule has 1 amide bonds. The van der Waals surface area contributed by atoms with E-state index in [1.54, 1.807) is 6.92 Å². The van der Waals surface area contributed by atoms with Crippen molar-refractivity contribution in [1.82, 2.24) is 15.5 Å². The van der Waals surface area contributed by atoms with Crippen LogP contribution in [-0.2, 0) is 4.79 Å². The molecular formula is C17H20N4O2S. The van der Waals surface area contributed by atoms with Gasteiger partial charge in [-0.1, -0.05) is 43.8 Å². The summed E-state index contributed by atoms with van der Waals surface area (Å²) in [5.74, 6) is 0.306. The number of amides is 1. The lowest BCUT2D eigenvalue weighted by molar-refractivity contribution is -0.120. The molecular weight excluding hydrogens is 324 g/mol. The molecule has 1 aromatic heterocycles. The van der Waals surface area contributed by atoms with Crippen molar-refractivity contribution in [2.75, 3.05) is 5.75 Å². The highest BCUT2D eigenvalue weighted by Crippen LogP contribution is 2.25. The van der Waals surface area contributed by atoms with E-state index in [1.807, 2.05) is 45.0 Å². The fourth-order valence-electron chi connectivity index (χ4n) is 1.94. The van der Waals surface area contributed by atoms with E-state index in [4.69, 9.17) is 4.42 Å². The SMILES string of the molecule is Cc1ccccc1-c1nnc(SCC(=O)N[C@](C)(C#N)C(C)C)o1. The topological polar surface area (TPSA) is 91.8 Å². The summed E-state index contributed by atoms with van der Waals surface area (Å²) in [5.41, 5.74) is 1.02. The van der Waals surface area contributed by atoms with Crippen LogP contribution in [0.1, 0.15) is 26.3 Å². The van der Waals surface area contributed by atoms with Crippen molar-refractivity contribution < 1.29 is 9.21 Å². The van der Waals surface area contributed by atoms with Crippen LogP contribution in [0.25, 0.3) is 11.5 Å². The van der Waals surface area contributed by atoms with Gasteiger partial charge in [-0.25, -0.2) is 0 Å². The van der Waals surface area contributed by atoms with Gasteiger partial charge < -0.3 is 9.73 Å². The number of carbonyl (C=O) groups is 1. The third-order valence-corrected chi connectivity index (χ3v) is 4.71. The highest BCUT2D eigenvalue weighted by molar-refractivity contribution is 7.99. The highest BCUT2D eigenvalue weighted by atomic mass is 32.2. The molecule has 0 bridgehead atoms. The van der Waals surface area contributed by atoms with E-state index in [-0.39, 0.29) is 17.6 Å². The molecule has 1 N–H and O–H groups in total. The number of hydrogen-bond acceptors (Lipinski definition) is 6. The number of benzene rings is 1.